The summed E-state index contributed by atoms with van der Waals surface area (Å²) in [7, 11) is 0.877. The van der Waals surface area contributed by atoms with Crippen LogP contribution < -0.4 is 15.0 Å². The topological polar surface area (TPSA) is 104 Å². The lowest BCUT2D eigenvalue weighted by Gasteiger charge is -2.27. The van der Waals surface area contributed by atoms with Crippen LogP contribution in [0.1, 0.15) is 11.4 Å². The maximum Gasteiger partial charge on any atom is 0.421 e. The Morgan fingerprint density at radius 3 is 2.58 bits per heavy atom. The molecule has 0 unspecified atom stereocenters. The fourth-order valence-electron chi connectivity index (χ4n) is 4.27. The molecular formula is C25H33F3N8O3S. The van der Waals surface area contributed by atoms with Gasteiger partial charge in [-0.15, -0.1) is 0 Å². The normalized spacial score (nSPS) is 15.2. The first kappa shape index (κ1) is 28.2. The van der Waals surface area contributed by atoms with Crippen molar-refractivity contribution >= 4 is 38.6 Å². The molecule has 0 amide bonds. The highest BCUT2D eigenvalue weighted by Gasteiger charge is 2.36. The highest BCUT2D eigenvalue weighted by Crippen LogP contribution is 2.34. The molecule has 4 heterocycles. The van der Waals surface area contributed by atoms with Crippen LogP contribution in [0.3, 0.4) is 0 Å². The van der Waals surface area contributed by atoms with Crippen LogP contribution >= 0.6 is 10.0 Å². The zero-order valence-electron chi connectivity index (χ0n) is 22.9. The molecule has 4 aromatic rings. The van der Waals surface area contributed by atoms with Crippen LogP contribution in [0.25, 0.3) is 16.7 Å². The first-order valence-electron chi connectivity index (χ1n) is 12.7. The first-order valence-corrected chi connectivity index (χ1v) is 15.7. The van der Waals surface area contributed by atoms with E-state index in [2.05, 4.69) is 39.2 Å². The molecule has 0 bridgehead atoms. The van der Waals surface area contributed by atoms with Gasteiger partial charge in [-0.1, -0.05) is 0 Å². The molecule has 1 aromatic carbocycles. The smallest absolute Gasteiger partial charge is 0.421 e. The van der Waals surface area contributed by atoms with Crippen molar-refractivity contribution in [1.82, 2.24) is 29.1 Å². The van der Waals surface area contributed by atoms with E-state index < -0.39 is 21.8 Å². The lowest BCUT2D eigenvalue weighted by molar-refractivity contribution is -0.136. The number of alkyl halides is 3. The van der Waals surface area contributed by atoms with E-state index in [9.17, 15) is 13.2 Å². The number of imidazole rings is 1. The largest absolute Gasteiger partial charge is 0.497 e. The number of morpholine rings is 1. The van der Waals surface area contributed by atoms with Gasteiger partial charge in [-0.05, 0) is 30.9 Å². The molecule has 15 heteroatoms. The van der Waals surface area contributed by atoms with E-state index >= 15 is 0 Å². The summed E-state index contributed by atoms with van der Waals surface area (Å²) in [5.41, 5.74) is 0.307. The Labute approximate surface area is 230 Å². The zero-order chi connectivity index (χ0) is 28.5. The number of nitrogens with zero attached hydrogens (tertiary/aromatic N) is 7. The van der Waals surface area contributed by atoms with Gasteiger partial charge in [-0.3, -0.25) is 0 Å². The van der Waals surface area contributed by atoms with Crippen LogP contribution in [-0.2, 0) is 28.9 Å². The minimum atomic E-state index is -4.62. The second-order valence-electron chi connectivity index (χ2n) is 10.2. The van der Waals surface area contributed by atoms with Gasteiger partial charge in [0.2, 0.25) is 11.9 Å². The molecule has 1 fully saturated rings. The quantitative estimate of drug-likeness (QED) is 0.281. The summed E-state index contributed by atoms with van der Waals surface area (Å²) in [6, 6.07) is 5.59. The molecule has 218 valence electrons. The number of halogens is 3. The number of anilines is 2. The van der Waals surface area contributed by atoms with E-state index in [0.29, 0.717) is 50.0 Å². The van der Waals surface area contributed by atoms with Gasteiger partial charge >= 0.3 is 6.18 Å². The fraction of sp³-hybridized carbons (Fsp3) is 0.520. The second-order valence-corrected chi connectivity index (χ2v) is 14.8. The highest BCUT2D eigenvalue weighted by atomic mass is 32.3. The number of aromatic nitrogens is 6. The minimum Gasteiger partial charge on any atom is -0.497 e. The molecule has 0 aliphatic carbocycles. The van der Waals surface area contributed by atoms with Gasteiger partial charge in [0.1, 0.15) is 23.9 Å². The molecular weight excluding hydrogens is 549 g/mol. The summed E-state index contributed by atoms with van der Waals surface area (Å²) in [5, 5.41) is 7.11. The highest BCUT2D eigenvalue weighted by molar-refractivity contribution is 8.32. The Morgan fingerprint density at radius 1 is 1.10 bits per heavy atom. The molecule has 1 aliphatic rings. The summed E-state index contributed by atoms with van der Waals surface area (Å²) in [5.74, 6) is 2.54. The third-order valence-corrected chi connectivity index (χ3v) is 7.85. The molecule has 0 atom stereocenters. The zero-order valence-corrected chi connectivity index (χ0v) is 23.7. The third kappa shape index (κ3) is 6.20. The average molecular weight is 583 g/mol. The molecule has 40 heavy (non-hydrogen) atoms. The van der Waals surface area contributed by atoms with E-state index in [1.807, 2.05) is 22.8 Å². The monoisotopic (exact) mass is 582 g/mol. The molecule has 0 radical (unpaired) electrons. The number of hydrogen-bond donors (Lipinski definition) is 1. The van der Waals surface area contributed by atoms with Gasteiger partial charge in [0.05, 0.1) is 50.7 Å². The lowest BCUT2D eigenvalue weighted by Crippen LogP contribution is -2.37. The van der Waals surface area contributed by atoms with Crippen LogP contribution in [0.5, 0.6) is 5.75 Å². The van der Waals surface area contributed by atoms with Gasteiger partial charge in [-0.25, -0.2) is 15.0 Å². The first-order chi connectivity index (χ1) is 19.0. The van der Waals surface area contributed by atoms with Crippen molar-refractivity contribution in [2.75, 3.05) is 74.8 Å². The van der Waals surface area contributed by atoms with Crippen LogP contribution in [0, 0.1) is 0 Å². The Balaban J connectivity index is 1.47. The molecule has 0 saturated carbocycles. The van der Waals surface area contributed by atoms with E-state index in [0.717, 1.165) is 22.0 Å². The molecule has 11 nitrogen and oxygen atoms in total. The Bertz CT molecular complexity index is 1480. The van der Waals surface area contributed by atoms with E-state index in [1.54, 1.807) is 12.0 Å². The molecule has 1 N–H and O–H groups in total. The summed E-state index contributed by atoms with van der Waals surface area (Å²) >= 11 is 0. The molecule has 1 aliphatic heterocycles. The maximum absolute atomic E-state index is 13.8. The van der Waals surface area contributed by atoms with Crippen LogP contribution in [0.2, 0.25) is 0 Å². The molecule has 0 spiro atoms. The average Bonchev–Trinajstić information content (AvgIpc) is 3.50. The molecule has 1 saturated heterocycles. The summed E-state index contributed by atoms with van der Waals surface area (Å²) in [6.45, 7) is 2.84. The van der Waals surface area contributed by atoms with E-state index in [-0.39, 0.29) is 30.8 Å². The predicted octanol–water partition coefficient (Wildman–Crippen LogP) is 3.62. The molecule has 3 aromatic heterocycles. The third-order valence-electron chi connectivity index (χ3n) is 6.46. The fourth-order valence-corrected chi connectivity index (χ4v) is 4.89. The summed E-state index contributed by atoms with van der Waals surface area (Å²) in [4.78, 5) is 15.3. The maximum atomic E-state index is 13.8. The minimum absolute atomic E-state index is 0.121. The van der Waals surface area contributed by atoms with Crippen molar-refractivity contribution in [2.24, 2.45) is 0 Å². The Kier molecular flexibility index (Phi) is 7.97. The van der Waals surface area contributed by atoms with Crippen molar-refractivity contribution < 1.29 is 27.4 Å². The lowest BCUT2D eigenvalue weighted by atomic mass is 10.3. The predicted molar refractivity (Wildman–Crippen MR) is 149 cm³/mol. The summed E-state index contributed by atoms with van der Waals surface area (Å²) < 4.78 is 61.0. The van der Waals surface area contributed by atoms with Gasteiger partial charge in [0.15, 0.2) is 5.65 Å². The van der Waals surface area contributed by atoms with Gasteiger partial charge in [0.25, 0.3) is 0 Å². The number of benzene rings is 1. The van der Waals surface area contributed by atoms with Crippen molar-refractivity contribution in [3.8, 4) is 5.75 Å². The van der Waals surface area contributed by atoms with Gasteiger partial charge < -0.3 is 29.0 Å². The number of nitrogens with one attached hydrogen (secondary N) is 1. The number of ether oxygens (including phenoxy) is 3. The van der Waals surface area contributed by atoms with E-state index in [1.165, 1.54) is 0 Å². The SMILES string of the molecule is COc1ccc2c(c1)nc(CNc1nc(N3CCOCC3)nc3c(C(F)(F)F)cnn13)n2COCCS(C)(C)C. The van der Waals surface area contributed by atoms with Gasteiger partial charge in [0, 0.05) is 24.9 Å². The number of fused-ring (bicyclic) bond motifs is 2. The summed E-state index contributed by atoms with van der Waals surface area (Å²) in [6.07, 6.45) is 2.85. The van der Waals surface area contributed by atoms with Crippen LogP contribution in [-0.4, -0.2) is 93.7 Å². The number of methoxy groups -OCH3 is 1. The molecule has 5 rings (SSSR count). The number of rotatable bonds is 10. The standard InChI is InChI=1S/C25H33F3N8O3S/c1-37-17-5-6-20-19(13-17)31-21(35(20)16-39-11-12-40(2,3)4)15-29-23-33-24(34-7-9-38-10-8-34)32-22-18(25(26,27)28)14-30-36(22)23/h5-6,13-14H,7-12,15-16H2,1-4H3,(H,29,32,33). The van der Waals surface area contributed by atoms with Crippen LogP contribution in [0.4, 0.5) is 25.1 Å². The second kappa shape index (κ2) is 11.3. The van der Waals surface area contributed by atoms with Crippen molar-refractivity contribution in [2.45, 2.75) is 19.5 Å². The Hall–Kier alpha value is -3.30. The van der Waals surface area contributed by atoms with Gasteiger partial charge in [-0.2, -0.15) is 32.8 Å². The Morgan fingerprint density at radius 2 is 1.88 bits per heavy atom. The van der Waals surface area contributed by atoms with Crippen molar-refractivity contribution in [3.63, 3.8) is 0 Å². The van der Waals surface area contributed by atoms with Crippen molar-refractivity contribution in [3.05, 3.63) is 35.8 Å². The van der Waals surface area contributed by atoms with Crippen molar-refractivity contribution in [1.29, 1.82) is 0 Å². The van der Waals surface area contributed by atoms with E-state index in [4.69, 9.17) is 19.2 Å². The number of hydrogen-bond acceptors (Lipinski definition) is 9. The van der Waals surface area contributed by atoms with Crippen LogP contribution in [0.15, 0.2) is 24.4 Å².